The smallest absolute Gasteiger partial charge is 0.270 e. The summed E-state index contributed by atoms with van der Waals surface area (Å²) in [5.41, 5.74) is 0.835. The minimum absolute atomic E-state index is 0.00488. The van der Waals surface area contributed by atoms with Gasteiger partial charge in [0.15, 0.2) is 32.7 Å². The van der Waals surface area contributed by atoms with Crippen LogP contribution in [0.3, 0.4) is 0 Å². The maximum absolute atomic E-state index is 11.8. The number of hydrogen-bond donors (Lipinski definition) is 1. The van der Waals surface area contributed by atoms with Gasteiger partial charge in [-0.2, -0.15) is 5.10 Å². The Hall–Kier alpha value is -3.59. The Morgan fingerprint density at radius 2 is 1.47 bits per heavy atom. The van der Waals surface area contributed by atoms with Gasteiger partial charge in [0.25, 0.3) is 0 Å². The van der Waals surface area contributed by atoms with Crippen molar-refractivity contribution in [1.29, 1.82) is 0 Å². The number of rotatable bonds is 3. The van der Waals surface area contributed by atoms with Crippen LogP contribution in [0.5, 0.6) is 0 Å². The summed E-state index contributed by atoms with van der Waals surface area (Å²) in [6.45, 7) is 0. The van der Waals surface area contributed by atoms with Crippen molar-refractivity contribution in [2.24, 2.45) is 10.2 Å². The molecule has 0 aliphatic carbocycles. The van der Waals surface area contributed by atoms with Crippen molar-refractivity contribution in [2.45, 2.75) is 0 Å². The third-order valence-electron chi connectivity index (χ3n) is 4.26. The Morgan fingerprint density at radius 3 is 2.03 bits per heavy atom. The first kappa shape index (κ1) is 18.4. The molecule has 146 valence electrons. The second kappa shape index (κ2) is 6.46. The van der Waals surface area contributed by atoms with Crippen LogP contribution in [0.1, 0.15) is 0 Å². The van der Waals surface area contributed by atoms with Gasteiger partial charge in [-0.25, -0.2) is 0 Å². The molecule has 3 aromatic heterocycles. The fourth-order valence-electron chi connectivity index (χ4n) is 2.94. The van der Waals surface area contributed by atoms with Crippen molar-refractivity contribution in [3.8, 4) is 22.5 Å². The third kappa shape index (κ3) is 2.62. The highest BCUT2D eigenvalue weighted by Gasteiger charge is 2.32. The molecule has 0 saturated heterocycles. The fraction of sp³-hybridized carbons (Fsp3) is 0. The standard InChI is InChI=1S/C15H4Br2N9O4/c16-7-12-18-1-5(3-24(12)22-14(7)27)9-11(26(29)30)10(21-20-9)6-2-19-13-8(17)15(28)23-25(13)4-6/h1-4H/q+1/p+1. The van der Waals surface area contributed by atoms with Crippen molar-refractivity contribution in [1.82, 2.24) is 20.2 Å². The van der Waals surface area contributed by atoms with Gasteiger partial charge in [0.1, 0.15) is 12.4 Å². The molecule has 15 heteroatoms. The molecule has 3 aromatic rings. The van der Waals surface area contributed by atoms with E-state index in [0.717, 1.165) is 0 Å². The zero-order valence-electron chi connectivity index (χ0n) is 14.3. The van der Waals surface area contributed by atoms with Crippen LogP contribution in [0.25, 0.3) is 31.5 Å². The summed E-state index contributed by atoms with van der Waals surface area (Å²) in [5, 5.41) is 26.1. The lowest BCUT2D eigenvalue weighted by atomic mass is 10.1. The Balaban J connectivity index is 1.71. The van der Waals surface area contributed by atoms with E-state index in [4.69, 9.17) is 0 Å². The van der Waals surface area contributed by atoms with E-state index in [9.17, 15) is 19.7 Å². The zero-order valence-corrected chi connectivity index (χ0v) is 17.4. The van der Waals surface area contributed by atoms with Gasteiger partial charge in [0, 0.05) is 0 Å². The van der Waals surface area contributed by atoms with Crippen molar-refractivity contribution in [3.63, 3.8) is 0 Å². The molecule has 2 amide bonds. The molecule has 0 saturated carbocycles. The Labute approximate surface area is 180 Å². The molecule has 0 unspecified atom stereocenters. The normalized spacial score (nSPS) is 14.5. The molecule has 0 aromatic carbocycles. The molecular weight excluding hydrogens is 530 g/mol. The van der Waals surface area contributed by atoms with E-state index in [1.165, 1.54) is 33.5 Å². The predicted molar refractivity (Wildman–Crippen MR) is 102 cm³/mol. The lowest BCUT2D eigenvalue weighted by Gasteiger charge is -1.95. The highest BCUT2D eigenvalue weighted by atomic mass is 79.9. The second-order valence-electron chi connectivity index (χ2n) is 6.01. The molecule has 5 heterocycles. The number of hydrogen-bond acceptors (Lipinski definition) is 7. The number of aromatic amines is 1. The number of carbonyl (C=O) groups excluding carboxylic acids is 2. The topological polar surface area (TPSA) is 168 Å². The molecule has 1 N–H and O–H groups in total. The van der Waals surface area contributed by atoms with Crippen molar-refractivity contribution in [2.75, 3.05) is 0 Å². The summed E-state index contributed by atoms with van der Waals surface area (Å²) < 4.78 is 2.81. The van der Waals surface area contributed by atoms with Gasteiger partial charge >= 0.3 is 28.5 Å². The molecule has 2 aliphatic heterocycles. The molecule has 5 rings (SSSR count). The molecule has 0 fully saturated rings. The summed E-state index contributed by atoms with van der Waals surface area (Å²) in [7, 11) is 0. The molecule has 0 bridgehead atoms. The van der Waals surface area contributed by atoms with E-state index in [-0.39, 0.29) is 42.6 Å². The van der Waals surface area contributed by atoms with E-state index in [2.05, 4.69) is 62.3 Å². The number of H-pyrrole nitrogens is 1. The monoisotopic (exact) mass is 533 g/mol. The minimum atomic E-state index is -0.599. The number of halogens is 2. The summed E-state index contributed by atoms with van der Waals surface area (Å²) in [6, 6.07) is 0. The molecule has 0 atom stereocenters. The van der Waals surface area contributed by atoms with Gasteiger partial charge in [-0.05, 0) is 52.1 Å². The molecule has 0 spiro atoms. The first-order chi connectivity index (χ1) is 14.3. The molecular formula is C15H5Br2N9O4+2. The summed E-state index contributed by atoms with van der Waals surface area (Å²) in [5.74, 6) is -1.03. The molecule has 30 heavy (non-hydrogen) atoms. The highest BCUT2D eigenvalue weighted by molar-refractivity contribution is 9.15. The van der Waals surface area contributed by atoms with Crippen molar-refractivity contribution < 1.29 is 23.2 Å². The van der Waals surface area contributed by atoms with E-state index >= 15 is 0 Å². The summed E-state index contributed by atoms with van der Waals surface area (Å²) in [4.78, 5) is 42.9. The van der Waals surface area contributed by atoms with Gasteiger partial charge in [0.2, 0.25) is 0 Å². The van der Waals surface area contributed by atoms with Gasteiger partial charge in [-0.1, -0.05) is 8.73 Å². The van der Waals surface area contributed by atoms with Gasteiger partial charge in [-0.3, -0.25) is 24.8 Å². The number of nitro groups is 1. The van der Waals surface area contributed by atoms with Crippen molar-refractivity contribution in [3.05, 3.63) is 45.9 Å². The van der Waals surface area contributed by atoms with Crippen LogP contribution < -0.4 is 19.7 Å². The van der Waals surface area contributed by atoms with E-state index in [1.54, 1.807) is 0 Å². The SMILES string of the molecule is O=C1N=[n+]2cc(-c3n[nH]c(-c4cnc5[n+](c4)=NC(=O)C=5Br)c3[N+](=O)[O-])cnc2=C1Br. The number of carbonyl (C=O) groups is 2. The third-order valence-corrected chi connectivity index (χ3v) is 5.65. The van der Waals surface area contributed by atoms with E-state index < -0.39 is 16.7 Å². The number of amides is 2. The van der Waals surface area contributed by atoms with Gasteiger partial charge in [0.05, 0.1) is 16.1 Å². The number of nitrogens with one attached hydrogen (secondary N) is 1. The van der Waals surface area contributed by atoms with Crippen LogP contribution in [0.2, 0.25) is 0 Å². The Bertz CT molecular complexity index is 1480. The molecule has 13 nitrogen and oxygen atoms in total. The average molecular weight is 535 g/mol. The average Bonchev–Trinajstić information content (AvgIpc) is 3.36. The van der Waals surface area contributed by atoms with Crippen LogP contribution in [0, 0.1) is 10.1 Å². The van der Waals surface area contributed by atoms with Crippen LogP contribution >= 0.6 is 31.9 Å². The quantitative estimate of drug-likeness (QED) is 0.259. The number of fused-ring (bicyclic) bond motifs is 2. The van der Waals surface area contributed by atoms with E-state index in [1.807, 2.05) is 0 Å². The lowest BCUT2D eigenvalue weighted by Crippen LogP contribution is -2.37. The molecule has 2 aliphatic rings. The summed E-state index contributed by atoms with van der Waals surface area (Å²) in [6.07, 6.45) is 5.55. The minimum Gasteiger partial charge on any atom is -0.270 e. The highest BCUT2D eigenvalue weighted by Crippen LogP contribution is 2.35. The largest absolute Gasteiger partial charge is 0.368 e. The Morgan fingerprint density at radius 1 is 0.933 bits per heavy atom. The van der Waals surface area contributed by atoms with Crippen LogP contribution in [0.4, 0.5) is 5.69 Å². The Kier molecular flexibility index (Phi) is 3.97. The van der Waals surface area contributed by atoms with Crippen LogP contribution in [-0.4, -0.2) is 36.9 Å². The van der Waals surface area contributed by atoms with Gasteiger partial charge < -0.3 is 0 Å². The van der Waals surface area contributed by atoms with Crippen LogP contribution in [0.15, 0.2) is 35.0 Å². The zero-order chi connectivity index (χ0) is 21.2. The fourth-order valence-corrected chi connectivity index (χ4v) is 3.67. The summed E-state index contributed by atoms with van der Waals surface area (Å²) >= 11 is 6.20. The maximum atomic E-state index is 11.8. The van der Waals surface area contributed by atoms with E-state index in [0.29, 0.717) is 5.56 Å². The molecule has 0 radical (unpaired) electrons. The van der Waals surface area contributed by atoms with Crippen molar-refractivity contribution >= 4 is 58.3 Å². The first-order valence-electron chi connectivity index (χ1n) is 8.00. The van der Waals surface area contributed by atoms with Gasteiger partial charge in [-0.15, -0.1) is 0 Å². The first-order valence-corrected chi connectivity index (χ1v) is 9.59. The second-order valence-corrected chi connectivity index (χ2v) is 7.60. The predicted octanol–water partition coefficient (Wildman–Crippen LogP) is -0.833. The maximum Gasteiger partial charge on any atom is 0.368 e. The number of aromatic nitrogens is 6. The van der Waals surface area contributed by atoms with Crippen LogP contribution in [-0.2, 0) is 9.59 Å². The number of nitrogens with zero attached hydrogens (tertiary/aromatic N) is 8. The lowest BCUT2D eigenvalue weighted by molar-refractivity contribution is -0.557.